The molecule has 138 valence electrons. The van der Waals surface area contributed by atoms with Crippen molar-refractivity contribution in [2.45, 2.75) is 26.2 Å². The number of hydrogen-bond donors (Lipinski definition) is 2. The van der Waals surface area contributed by atoms with Gasteiger partial charge in [0.1, 0.15) is 18.2 Å². The topological polar surface area (TPSA) is 101 Å². The van der Waals surface area contributed by atoms with E-state index in [0.717, 1.165) is 17.0 Å². The van der Waals surface area contributed by atoms with Crippen molar-refractivity contribution in [1.82, 2.24) is 14.9 Å². The Balaban J connectivity index is 1.62. The van der Waals surface area contributed by atoms with Gasteiger partial charge in [-0.25, -0.2) is 4.98 Å². The van der Waals surface area contributed by atoms with E-state index in [0.29, 0.717) is 56.9 Å². The normalized spacial score (nSPS) is 13.8. The molecule has 1 aliphatic heterocycles. The van der Waals surface area contributed by atoms with Crippen molar-refractivity contribution in [2.75, 3.05) is 26.2 Å². The largest absolute Gasteiger partial charge is 0.492 e. The van der Waals surface area contributed by atoms with Gasteiger partial charge in [-0.1, -0.05) is 12.1 Å². The molecular formula is C19H24N4O3. The molecular weight excluding hydrogens is 332 g/mol. The van der Waals surface area contributed by atoms with E-state index in [1.165, 1.54) is 0 Å². The molecule has 1 aromatic heterocycles. The van der Waals surface area contributed by atoms with Gasteiger partial charge >= 0.3 is 0 Å². The van der Waals surface area contributed by atoms with E-state index in [9.17, 15) is 9.59 Å². The first-order valence-electron chi connectivity index (χ1n) is 8.85. The summed E-state index contributed by atoms with van der Waals surface area (Å²) in [5, 5.41) is 0. The Hall–Kier alpha value is -2.67. The molecule has 0 saturated heterocycles. The average Bonchev–Trinajstić information content (AvgIpc) is 2.84. The van der Waals surface area contributed by atoms with E-state index >= 15 is 0 Å². The monoisotopic (exact) mass is 356 g/mol. The molecule has 7 nitrogen and oxygen atoms in total. The van der Waals surface area contributed by atoms with E-state index in [1.807, 2.05) is 29.2 Å². The number of aromatic nitrogens is 2. The van der Waals surface area contributed by atoms with Crippen LogP contribution < -0.4 is 16.0 Å². The van der Waals surface area contributed by atoms with Crippen LogP contribution in [0.3, 0.4) is 0 Å². The molecule has 3 N–H and O–H groups in total. The summed E-state index contributed by atoms with van der Waals surface area (Å²) in [4.78, 5) is 33.7. The molecule has 0 unspecified atom stereocenters. The lowest BCUT2D eigenvalue weighted by Crippen LogP contribution is -2.34. The fourth-order valence-corrected chi connectivity index (χ4v) is 3.15. The van der Waals surface area contributed by atoms with Crippen molar-refractivity contribution in [1.29, 1.82) is 0 Å². The van der Waals surface area contributed by atoms with Gasteiger partial charge in [0, 0.05) is 31.6 Å². The Morgan fingerprint density at radius 1 is 1.27 bits per heavy atom. The average molecular weight is 356 g/mol. The summed E-state index contributed by atoms with van der Waals surface area (Å²) in [6.45, 7) is 3.83. The molecule has 3 rings (SSSR count). The van der Waals surface area contributed by atoms with Gasteiger partial charge in [-0.15, -0.1) is 0 Å². The highest BCUT2D eigenvalue weighted by Gasteiger charge is 2.21. The van der Waals surface area contributed by atoms with Gasteiger partial charge in [0.05, 0.1) is 12.1 Å². The van der Waals surface area contributed by atoms with Gasteiger partial charge in [-0.05, 0) is 31.0 Å². The van der Waals surface area contributed by atoms with Crippen LogP contribution in [-0.4, -0.2) is 47.0 Å². The van der Waals surface area contributed by atoms with Crippen molar-refractivity contribution < 1.29 is 9.53 Å². The number of fused-ring (bicyclic) bond motifs is 1. The molecule has 0 atom stereocenters. The fourth-order valence-electron chi connectivity index (χ4n) is 3.15. The molecule has 1 amide bonds. The molecule has 0 bridgehead atoms. The Morgan fingerprint density at radius 3 is 2.73 bits per heavy atom. The first-order chi connectivity index (χ1) is 12.6. The molecule has 2 heterocycles. The minimum Gasteiger partial charge on any atom is -0.492 e. The van der Waals surface area contributed by atoms with Gasteiger partial charge in [0.15, 0.2) is 0 Å². The van der Waals surface area contributed by atoms with Gasteiger partial charge < -0.3 is 20.4 Å². The number of nitrogens with two attached hydrogens (primary N) is 1. The van der Waals surface area contributed by atoms with Crippen LogP contribution in [0.15, 0.2) is 29.1 Å². The zero-order valence-electron chi connectivity index (χ0n) is 15.0. The zero-order chi connectivity index (χ0) is 18.5. The zero-order valence-corrected chi connectivity index (χ0v) is 15.0. The summed E-state index contributed by atoms with van der Waals surface area (Å²) in [6, 6.07) is 7.49. The van der Waals surface area contributed by atoms with Crippen LogP contribution in [0, 0.1) is 6.92 Å². The van der Waals surface area contributed by atoms with Crippen LogP contribution in [0.1, 0.15) is 22.6 Å². The van der Waals surface area contributed by atoms with Crippen molar-refractivity contribution in [3.05, 3.63) is 57.3 Å². The van der Waals surface area contributed by atoms with Crippen LogP contribution in [0.25, 0.3) is 0 Å². The lowest BCUT2D eigenvalue weighted by atomic mass is 10.1. The lowest BCUT2D eigenvalue weighted by Gasteiger charge is -2.20. The van der Waals surface area contributed by atoms with Crippen LogP contribution in [0.2, 0.25) is 0 Å². The Labute approximate surface area is 152 Å². The van der Waals surface area contributed by atoms with Crippen LogP contribution in [-0.2, 0) is 24.1 Å². The third-order valence-corrected chi connectivity index (χ3v) is 4.49. The summed E-state index contributed by atoms with van der Waals surface area (Å²) < 4.78 is 5.44. The highest BCUT2D eigenvalue weighted by molar-refractivity contribution is 5.79. The number of carbonyl (C=O) groups is 1. The number of aromatic amines is 1. The third kappa shape index (κ3) is 4.29. The minimum absolute atomic E-state index is 0.0570. The number of amides is 1. The second-order valence-corrected chi connectivity index (χ2v) is 6.42. The Kier molecular flexibility index (Phi) is 5.68. The Morgan fingerprint density at radius 2 is 2.00 bits per heavy atom. The highest BCUT2D eigenvalue weighted by Crippen LogP contribution is 2.15. The van der Waals surface area contributed by atoms with Crippen molar-refractivity contribution in [2.24, 2.45) is 5.73 Å². The van der Waals surface area contributed by atoms with Gasteiger partial charge in [-0.2, -0.15) is 0 Å². The van der Waals surface area contributed by atoms with E-state index in [1.54, 1.807) is 6.92 Å². The van der Waals surface area contributed by atoms with Gasteiger partial charge in [0.25, 0.3) is 5.56 Å². The summed E-state index contributed by atoms with van der Waals surface area (Å²) in [7, 11) is 0. The van der Waals surface area contributed by atoms with Crippen molar-refractivity contribution >= 4 is 5.91 Å². The van der Waals surface area contributed by atoms with Crippen LogP contribution in [0.4, 0.5) is 0 Å². The van der Waals surface area contributed by atoms with Crippen molar-refractivity contribution in [3.8, 4) is 5.75 Å². The number of aryl methyl sites for hydroxylation is 1. The molecule has 0 fully saturated rings. The lowest BCUT2D eigenvalue weighted by molar-refractivity contribution is -0.130. The summed E-state index contributed by atoms with van der Waals surface area (Å²) in [5.41, 5.74) is 7.77. The molecule has 2 aromatic rings. The number of ether oxygens (including phenoxy) is 1. The van der Waals surface area contributed by atoms with E-state index in [2.05, 4.69) is 9.97 Å². The number of nitrogens with one attached hydrogen (secondary N) is 1. The molecule has 7 heteroatoms. The molecule has 0 spiro atoms. The smallest absolute Gasteiger partial charge is 0.254 e. The molecule has 0 aliphatic carbocycles. The van der Waals surface area contributed by atoms with Crippen molar-refractivity contribution in [3.63, 3.8) is 0 Å². The molecule has 0 saturated carbocycles. The molecule has 1 aliphatic rings. The predicted molar refractivity (Wildman–Crippen MR) is 98.3 cm³/mol. The summed E-state index contributed by atoms with van der Waals surface area (Å²) in [5.74, 6) is 1.42. The quantitative estimate of drug-likeness (QED) is 0.816. The maximum Gasteiger partial charge on any atom is 0.254 e. The Bertz CT molecular complexity index is 830. The van der Waals surface area contributed by atoms with E-state index in [-0.39, 0.29) is 11.5 Å². The molecule has 1 aromatic carbocycles. The van der Waals surface area contributed by atoms with E-state index < -0.39 is 0 Å². The third-order valence-electron chi connectivity index (χ3n) is 4.49. The summed E-state index contributed by atoms with van der Waals surface area (Å²) in [6.07, 6.45) is 1.48. The second kappa shape index (κ2) is 8.14. The number of benzene rings is 1. The van der Waals surface area contributed by atoms with Crippen LogP contribution in [0.5, 0.6) is 5.75 Å². The number of nitrogens with zero attached hydrogens (tertiary/aromatic N) is 2. The minimum atomic E-state index is -0.0881. The first-order valence-corrected chi connectivity index (χ1v) is 8.85. The fraction of sp³-hybridized carbons (Fsp3) is 0.421. The van der Waals surface area contributed by atoms with Crippen LogP contribution >= 0.6 is 0 Å². The van der Waals surface area contributed by atoms with E-state index in [4.69, 9.17) is 10.5 Å². The maximum atomic E-state index is 12.7. The SMILES string of the molecule is Cc1nc2c(c(=O)[nH]1)CCN(C(=O)Cc1ccc(OCCN)cc1)CC2. The number of carbonyl (C=O) groups excluding carboxylic acids is 1. The highest BCUT2D eigenvalue weighted by atomic mass is 16.5. The summed E-state index contributed by atoms with van der Waals surface area (Å²) >= 11 is 0. The number of hydrogen-bond acceptors (Lipinski definition) is 5. The standard InChI is InChI=1S/C19H24N4O3/c1-13-21-17-7-10-23(9-6-16(17)19(25)22-13)18(24)12-14-2-4-15(5-3-14)26-11-8-20/h2-5H,6-12,20H2,1H3,(H,21,22,25). The van der Waals surface area contributed by atoms with Gasteiger partial charge in [-0.3, -0.25) is 9.59 Å². The molecule has 0 radical (unpaired) electrons. The second-order valence-electron chi connectivity index (χ2n) is 6.42. The number of H-pyrrole nitrogens is 1. The molecule has 26 heavy (non-hydrogen) atoms. The first kappa shape index (κ1) is 18.1. The number of rotatable bonds is 5. The predicted octanol–water partition coefficient (Wildman–Crippen LogP) is 0.586. The maximum absolute atomic E-state index is 12.7. The van der Waals surface area contributed by atoms with Gasteiger partial charge in [0.2, 0.25) is 5.91 Å².